The van der Waals surface area contributed by atoms with E-state index < -0.39 is 10.0 Å². The van der Waals surface area contributed by atoms with Crippen LogP contribution in [-0.4, -0.2) is 43.9 Å². The number of rotatable bonds is 4. The highest BCUT2D eigenvalue weighted by atomic mass is 35.5. The fourth-order valence-electron chi connectivity index (χ4n) is 3.99. The fraction of sp³-hybridized carbons (Fsp3) is 0.318. The Morgan fingerprint density at radius 3 is 2.17 bits per heavy atom. The van der Waals surface area contributed by atoms with E-state index >= 15 is 0 Å². The minimum absolute atomic E-state index is 0.445. The molecule has 1 aliphatic rings. The smallest absolute Gasteiger partial charge is 0.243 e. The van der Waals surface area contributed by atoms with E-state index in [0.717, 1.165) is 33.1 Å². The van der Waals surface area contributed by atoms with E-state index in [1.807, 2.05) is 62.5 Å². The van der Waals surface area contributed by atoms with Crippen molar-refractivity contribution in [3.8, 4) is 11.3 Å². The van der Waals surface area contributed by atoms with Gasteiger partial charge in [0, 0.05) is 42.1 Å². The summed E-state index contributed by atoms with van der Waals surface area (Å²) >= 11 is 7.55. The molecule has 0 amide bonds. The van der Waals surface area contributed by atoms with Gasteiger partial charge in [-0.05, 0) is 44.0 Å². The second-order valence-electron chi connectivity index (χ2n) is 7.64. The van der Waals surface area contributed by atoms with Crippen molar-refractivity contribution in [2.45, 2.75) is 25.7 Å². The highest BCUT2D eigenvalue weighted by molar-refractivity contribution is 7.89. The van der Waals surface area contributed by atoms with Crippen molar-refractivity contribution < 1.29 is 8.42 Å². The molecule has 1 aliphatic heterocycles. The van der Waals surface area contributed by atoms with Gasteiger partial charge in [-0.2, -0.15) is 4.31 Å². The van der Waals surface area contributed by atoms with Crippen LogP contribution in [0.25, 0.3) is 11.3 Å². The normalized spacial score (nSPS) is 15.5. The van der Waals surface area contributed by atoms with E-state index in [0.29, 0.717) is 36.1 Å². The Morgan fingerprint density at radius 2 is 1.57 bits per heavy atom. The molecule has 4 rings (SSSR count). The standard InChI is InChI=1S/C22H24ClN3O2S2/c1-15-12-16(2)21(17(3)13-15)30(27,28)26-10-8-25(9-11-26)22-24-20(14-29-22)18-4-6-19(23)7-5-18/h4-7,12-14H,8-11H2,1-3H3. The van der Waals surface area contributed by atoms with Crippen molar-refractivity contribution in [1.82, 2.24) is 9.29 Å². The van der Waals surface area contributed by atoms with Gasteiger partial charge in [0.15, 0.2) is 5.13 Å². The molecule has 0 saturated carbocycles. The van der Waals surface area contributed by atoms with Gasteiger partial charge in [0.05, 0.1) is 10.6 Å². The molecule has 3 aromatic rings. The number of anilines is 1. The molecular formula is C22H24ClN3O2S2. The molecule has 0 aliphatic carbocycles. The molecule has 0 unspecified atom stereocenters. The summed E-state index contributed by atoms with van der Waals surface area (Å²) in [4.78, 5) is 7.35. The lowest BCUT2D eigenvalue weighted by Crippen LogP contribution is -2.48. The molecule has 8 heteroatoms. The summed E-state index contributed by atoms with van der Waals surface area (Å²) in [5.74, 6) is 0. The van der Waals surface area contributed by atoms with Gasteiger partial charge in [-0.1, -0.05) is 41.4 Å². The van der Waals surface area contributed by atoms with E-state index in [9.17, 15) is 8.42 Å². The highest BCUT2D eigenvalue weighted by Crippen LogP contribution is 2.30. The predicted molar refractivity (Wildman–Crippen MR) is 124 cm³/mol. The first-order valence-corrected chi connectivity index (χ1v) is 12.5. The first-order chi connectivity index (χ1) is 14.3. The van der Waals surface area contributed by atoms with Crippen LogP contribution in [0.5, 0.6) is 0 Å². The molecule has 1 aromatic heterocycles. The lowest BCUT2D eigenvalue weighted by atomic mass is 10.1. The minimum atomic E-state index is -3.51. The Labute approximate surface area is 187 Å². The van der Waals surface area contributed by atoms with Crippen molar-refractivity contribution in [2.75, 3.05) is 31.1 Å². The quantitative estimate of drug-likeness (QED) is 0.554. The second-order valence-corrected chi connectivity index (χ2v) is 10.8. The molecule has 1 saturated heterocycles. The third kappa shape index (κ3) is 4.12. The van der Waals surface area contributed by atoms with E-state index in [1.165, 1.54) is 0 Å². The van der Waals surface area contributed by atoms with Crippen molar-refractivity contribution in [3.63, 3.8) is 0 Å². The van der Waals surface area contributed by atoms with Crippen molar-refractivity contribution >= 4 is 38.1 Å². The maximum absolute atomic E-state index is 13.3. The molecule has 0 N–H and O–H groups in total. The Morgan fingerprint density at radius 1 is 0.967 bits per heavy atom. The van der Waals surface area contributed by atoms with Crippen LogP contribution in [0.4, 0.5) is 5.13 Å². The van der Waals surface area contributed by atoms with Gasteiger partial charge < -0.3 is 4.90 Å². The van der Waals surface area contributed by atoms with Crippen LogP contribution in [0.2, 0.25) is 5.02 Å². The number of nitrogens with zero attached hydrogens (tertiary/aromatic N) is 3. The Bertz CT molecular complexity index is 1140. The van der Waals surface area contributed by atoms with Crippen LogP contribution in [-0.2, 0) is 10.0 Å². The van der Waals surface area contributed by atoms with Gasteiger partial charge >= 0.3 is 0 Å². The van der Waals surface area contributed by atoms with Crippen molar-refractivity contribution in [1.29, 1.82) is 0 Å². The molecule has 0 spiro atoms. The summed E-state index contributed by atoms with van der Waals surface area (Å²) in [6.07, 6.45) is 0. The summed E-state index contributed by atoms with van der Waals surface area (Å²) in [6.45, 7) is 7.87. The third-order valence-electron chi connectivity index (χ3n) is 5.34. The SMILES string of the molecule is Cc1cc(C)c(S(=O)(=O)N2CCN(c3nc(-c4ccc(Cl)cc4)cs3)CC2)c(C)c1. The largest absolute Gasteiger partial charge is 0.345 e. The first kappa shape index (κ1) is 21.3. The van der Waals surface area contributed by atoms with Gasteiger partial charge in [-0.15, -0.1) is 11.3 Å². The maximum atomic E-state index is 13.3. The Kier molecular flexibility index (Phi) is 5.90. The summed E-state index contributed by atoms with van der Waals surface area (Å²) in [7, 11) is -3.51. The molecule has 0 radical (unpaired) electrons. The molecule has 1 fully saturated rings. The number of aromatic nitrogens is 1. The molecule has 0 bridgehead atoms. The fourth-order valence-corrected chi connectivity index (χ4v) is 6.83. The van der Waals surface area contributed by atoms with Gasteiger partial charge in [0.25, 0.3) is 0 Å². The Balaban J connectivity index is 1.49. The number of benzene rings is 2. The van der Waals surface area contributed by atoms with Crippen molar-refractivity contribution in [2.24, 2.45) is 0 Å². The zero-order valence-corrected chi connectivity index (χ0v) is 19.6. The van der Waals surface area contributed by atoms with Gasteiger partial charge in [-0.25, -0.2) is 13.4 Å². The zero-order chi connectivity index (χ0) is 21.5. The van der Waals surface area contributed by atoms with Crippen LogP contribution < -0.4 is 4.90 Å². The number of hydrogen-bond donors (Lipinski definition) is 0. The second kappa shape index (κ2) is 8.30. The minimum Gasteiger partial charge on any atom is -0.345 e. The lowest BCUT2D eigenvalue weighted by molar-refractivity contribution is 0.384. The number of sulfonamides is 1. The third-order valence-corrected chi connectivity index (χ3v) is 8.70. The first-order valence-electron chi connectivity index (χ1n) is 9.80. The van der Waals surface area contributed by atoms with E-state index in [2.05, 4.69) is 4.90 Å². The number of halogens is 1. The monoisotopic (exact) mass is 461 g/mol. The zero-order valence-electron chi connectivity index (χ0n) is 17.2. The van der Waals surface area contributed by atoms with Crippen LogP contribution in [0.1, 0.15) is 16.7 Å². The summed E-state index contributed by atoms with van der Waals surface area (Å²) in [5, 5.41) is 3.64. The molecule has 5 nitrogen and oxygen atoms in total. The van der Waals surface area contributed by atoms with E-state index in [-0.39, 0.29) is 0 Å². The van der Waals surface area contributed by atoms with E-state index in [4.69, 9.17) is 16.6 Å². The number of thiazole rings is 1. The Hall–Kier alpha value is -1.93. The molecule has 0 atom stereocenters. The number of piperazine rings is 1. The molecule has 158 valence electrons. The van der Waals surface area contributed by atoms with Crippen LogP contribution in [0.15, 0.2) is 46.7 Å². The number of hydrogen-bond acceptors (Lipinski definition) is 5. The topological polar surface area (TPSA) is 53.5 Å². The predicted octanol–water partition coefficient (Wildman–Crippen LogP) is 4.90. The van der Waals surface area contributed by atoms with Gasteiger partial charge in [0.2, 0.25) is 10.0 Å². The molecule has 2 aromatic carbocycles. The average molecular weight is 462 g/mol. The molecule has 2 heterocycles. The summed E-state index contributed by atoms with van der Waals surface area (Å²) < 4.78 is 28.2. The van der Waals surface area contributed by atoms with E-state index in [1.54, 1.807) is 15.6 Å². The van der Waals surface area contributed by atoms with Crippen LogP contribution in [0.3, 0.4) is 0 Å². The average Bonchev–Trinajstić information content (AvgIpc) is 3.18. The van der Waals surface area contributed by atoms with Crippen molar-refractivity contribution in [3.05, 3.63) is 63.5 Å². The van der Waals surface area contributed by atoms with Crippen LogP contribution >= 0.6 is 22.9 Å². The van der Waals surface area contributed by atoms with Gasteiger partial charge in [0.1, 0.15) is 0 Å². The summed E-state index contributed by atoms with van der Waals surface area (Å²) in [5.41, 5.74) is 4.63. The molecule has 30 heavy (non-hydrogen) atoms. The van der Waals surface area contributed by atoms with Crippen LogP contribution in [0, 0.1) is 20.8 Å². The number of aryl methyl sites for hydroxylation is 3. The highest BCUT2D eigenvalue weighted by Gasteiger charge is 2.31. The lowest BCUT2D eigenvalue weighted by Gasteiger charge is -2.34. The van der Waals surface area contributed by atoms with Gasteiger partial charge in [-0.3, -0.25) is 0 Å². The maximum Gasteiger partial charge on any atom is 0.243 e. The summed E-state index contributed by atoms with van der Waals surface area (Å²) in [6, 6.07) is 11.5. The molecular weight excluding hydrogens is 438 g/mol.